The Balaban J connectivity index is 1.45. The largest absolute Gasteiger partial charge is 0.459 e. The fourth-order valence-electron chi connectivity index (χ4n) is 3.08. The summed E-state index contributed by atoms with van der Waals surface area (Å²) >= 11 is 0. The van der Waals surface area contributed by atoms with Crippen LogP contribution in [0.15, 0.2) is 53.1 Å². The normalized spacial score (nSPS) is 15.3. The van der Waals surface area contributed by atoms with Crippen LogP contribution in [0.25, 0.3) is 0 Å². The lowest BCUT2D eigenvalue weighted by molar-refractivity contribution is -0.137. The molecule has 1 unspecified atom stereocenters. The lowest BCUT2D eigenvalue weighted by Crippen LogP contribution is -2.51. The van der Waals surface area contributed by atoms with Crippen molar-refractivity contribution in [2.24, 2.45) is 0 Å². The Morgan fingerprint density at radius 2 is 1.67 bits per heavy atom. The van der Waals surface area contributed by atoms with Gasteiger partial charge in [0.15, 0.2) is 5.76 Å². The van der Waals surface area contributed by atoms with E-state index in [-0.39, 0.29) is 30.2 Å². The molecule has 142 valence electrons. The number of nitrogens with one attached hydrogen (secondary N) is 1. The summed E-state index contributed by atoms with van der Waals surface area (Å²) in [6.45, 7) is 3.55. The van der Waals surface area contributed by atoms with Gasteiger partial charge in [0.1, 0.15) is 6.42 Å². The Kier molecular flexibility index (Phi) is 5.90. The van der Waals surface area contributed by atoms with Crippen LogP contribution in [-0.4, -0.2) is 53.7 Å². The molecule has 1 aliphatic heterocycles. The summed E-state index contributed by atoms with van der Waals surface area (Å²) in [4.78, 5) is 40.1. The molecule has 1 aliphatic rings. The number of furan rings is 1. The maximum absolute atomic E-state index is 12.4. The highest BCUT2D eigenvalue weighted by Gasteiger charge is 2.27. The Morgan fingerprint density at radius 1 is 1.00 bits per heavy atom. The van der Waals surface area contributed by atoms with Gasteiger partial charge in [0, 0.05) is 26.2 Å². The predicted octanol–water partition coefficient (Wildman–Crippen LogP) is 1.83. The number of benzene rings is 1. The number of carbonyl (C=O) groups excluding carboxylic acids is 3. The molecule has 0 spiro atoms. The molecule has 0 saturated carbocycles. The number of rotatable bonds is 5. The first-order chi connectivity index (χ1) is 13.0. The van der Waals surface area contributed by atoms with E-state index in [1.54, 1.807) is 21.9 Å². The molecular formula is C20H23N3O4. The van der Waals surface area contributed by atoms with E-state index in [9.17, 15) is 14.4 Å². The standard InChI is InChI=1S/C20H23N3O4/c1-15(16-6-3-2-4-7-16)21-18(24)14-19(25)22-9-11-23(12-10-22)20(26)17-8-5-13-27-17/h2-8,13,15H,9-12,14H2,1H3,(H,21,24). The van der Waals surface area contributed by atoms with Gasteiger partial charge in [-0.2, -0.15) is 0 Å². The molecule has 0 aliphatic carbocycles. The highest BCUT2D eigenvalue weighted by molar-refractivity contribution is 5.97. The molecule has 1 N–H and O–H groups in total. The van der Waals surface area contributed by atoms with Crippen molar-refractivity contribution in [2.45, 2.75) is 19.4 Å². The molecule has 27 heavy (non-hydrogen) atoms. The Labute approximate surface area is 157 Å². The second kappa shape index (κ2) is 8.53. The molecule has 1 aromatic heterocycles. The zero-order valence-electron chi connectivity index (χ0n) is 15.3. The molecule has 1 atom stereocenters. The third kappa shape index (κ3) is 4.75. The van der Waals surface area contributed by atoms with E-state index in [1.807, 2.05) is 37.3 Å². The van der Waals surface area contributed by atoms with Gasteiger partial charge in [-0.1, -0.05) is 30.3 Å². The summed E-state index contributed by atoms with van der Waals surface area (Å²) in [6, 6.07) is 12.7. The first-order valence-electron chi connectivity index (χ1n) is 8.99. The topological polar surface area (TPSA) is 82.9 Å². The molecular weight excluding hydrogens is 346 g/mol. The average Bonchev–Trinajstić information content (AvgIpc) is 3.23. The summed E-state index contributed by atoms with van der Waals surface area (Å²) in [5, 5.41) is 2.85. The van der Waals surface area contributed by atoms with Crippen LogP contribution in [-0.2, 0) is 9.59 Å². The Hall–Kier alpha value is -3.09. The van der Waals surface area contributed by atoms with Crippen LogP contribution in [0, 0.1) is 0 Å². The smallest absolute Gasteiger partial charge is 0.289 e. The molecule has 2 aromatic rings. The van der Waals surface area contributed by atoms with Gasteiger partial charge >= 0.3 is 0 Å². The number of hydrogen-bond acceptors (Lipinski definition) is 4. The van der Waals surface area contributed by atoms with Gasteiger partial charge in [0.2, 0.25) is 11.8 Å². The van der Waals surface area contributed by atoms with Crippen molar-refractivity contribution in [1.29, 1.82) is 0 Å². The number of piperazine rings is 1. The van der Waals surface area contributed by atoms with E-state index in [0.29, 0.717) is 31.9 Å². The van der Waals surface area contributed by atoms with Gasteiger partial charge in [-0.05, 0) is 24.6 Å². The molecule has 1 saturated heterocycles. The SMILES string of the molecule is CC(NC(=O)CC(=O)N1CCN(C(=O)c2ccco2)CC1)c1ccccc1. The van der Waals surface area contributed by atoms with E-state index in [1.165, 1.54) is 6.26 Å². The van der Waals surface area contributed by atoms with E-state index >= 15 is 0 Å². The number of nitrogens with zero attached hydrogens (tertiary/aromatic N) is 2. The van der Waals surface area contributed by atoms with E-state index in [4.69, 9.17) is 4.42 Å². The van der Waals surface area contributed by atoms with Crippen LogP contribution in [0.2, 0.25) is 0 Å². The third-order valence-corrected chi connectivity index (χ3v) is 4.64. The van der Waals surface area contributed by atoms with E-state index in [2.05, 4.69) is 5.32 Å². The van der Waals surface area contributed by atoms with E-state index < -0.39 is 0 Å². The van der Waals surface area contributed by atoms with Crippen molar-refractivity contribution in [3.8, 4) is 0 Å². The van der Waals surface area contributed by atoms with Crippen LogP contribution in [0.3, 0.4) is 0 Å². The highest BCUT2D eigenvalue weighted by atomic mass is 16.3. The predicted molar refractivity (Wildman–Crippen MR) is 98.8 cm³/mol. The van der Waals surface area contributed by atoms with Crippen LogP contribution in [0.5, 0.6) is 0 Å². The summed E-state index contributed by atoms with van der Waals surface area (Å²) < 4.78 is 5.12. The molecule has 0 radical (unpaired) electrons. The van der Waals surface area contributed by atoms with Crippen molar-refractivity contribution < 1.29 is 18.8 Å². The summed E-state index contributed by atoms with van der Waals surface area (Å²) in [5.41, 5.74) is 0.989. The van der Waals surface area contributed by atoms with Crippen LogP contribution in [0.1, 0.15) is 35.5 Å². The van der Waals surface area contributed by atoms with Gasteiger partial charge in [-0.3, -0.25) is 14.4 Å². The quantitative estimate of drug-likeness (QED) is 0.815. The van der Waals surface area contributed by atoms with Crippen LogP contribution in [0.4, 0.5) is 0 Å². The zero-order chi connectivity index (χ0) is 19.2. The molecule has 3 rings (SSSR count). The van der Waals surface area contributed by atoms with Crippen molar-refractivity contribution >= 4 is 17.7 Å². The van der Waals surface area contributed by atoms with Gasteiger partial charge in [0.25, 0.3) is 5.91 Å². The summed E-state index contributed by atoms with van der Waals surface area (Å²) in [7, 11) is 0. The minimum absolute atomic E-state index is 0.158. The maximum atomic E-state index is 12.4. The van der Waals surface area contributed by atoms with Crippen LogP contribution < -0.4 is 5.32 Å². The summed E-state index contributed by atoms with van der Waals surface area (Å²) in [6.07, 6.45) is 1.27. The van der Waals surface area contributed by atoms with Crippen molar-refractivity contribution in [3.63, 3.8) is 0 Å². The molecule has 7 heteroatoms. The molecule has 0 bridgehead atoms. The fraction of sp³-hybridized carbons (Fsp3) is 0.350. The fourth-order valence-corrected chi connectivity index (χ4v) is 3.08. The zero-order valence-corrected chi connectivity index (χ0v) is 15.3. The second-order valence-electron chi connectivity index (χ2n) is 6.53. The van der Waals surface area contributed by atoms with Crippen LogP contribution >= 0.6 is 0 Å². The second-order valence-corrected chi connectivity index (χ2v) is 6.53. The van der Waals surface area contributed by atoms with Crippen molar-refractivity contribution in [1.82, 2.24) is 15.1 Å². The molecule has 1 fully saturated rings. The lowest BCUT2D eigenvalue weighted by atomic mass is 10.1. The van der Waals surface area contributed by atoms with Gasteiger partial charge in [-0.15, -0.1) is 0 Å². The molecule has 2 heterocycles. The first kappa shape index (κ1) is 18.7. The number of hydrogen-bond donors (Lipinski definition) is 1. The van der Waals surface area contributed by atoms with Crippen molar-refractivity contribution in [3.05, 3.63) is 60.1 Å². The number of carbonyl (C=O) groups is 3. The molecule has 1 aromatic carbocycles. The minimum Gasteiger partial charge on any atom is -0.459 e. The van der Waals surface area contributed by atoms with E-state index in [0.717, 1.165) is 5.56 Å². The average molecular weight is 369 g/mol. The minimum atomic E-state index is -0.301. The third-order valence-electron chi connectivity index (χ3n) is 4.64. The van der Waals surface area contributed by atoms with Crippen molar-refractivity contribution in [2.75, 3.05) is 26.2 Å². The summed E-state index contributed by atoms with van der Waals surface area (Å²) in [5.74, 6) is -0.408. The molecule has 7 nitrogen and oxygen atoms in total. The van der Waals surface area contributed by atoms with Gasteiger partial charge < -0.3 is 19.5 Å². The Morgan fingerprint density at radius 3 is 2.30 bits per heavy atom. The maximum Gasteiger partial charge on any atom is 0.289 e. The number of amides is 3. The van der Waals surface area contributed by atoms with Gasteiger partial charge in [-0.25, -0.2) is 0 Å². The Bertz CT molecular complexity index is 781. The highest BCUT2D eigenvalue weighted by Crippen LogP contribution is 2.13. The lowest BCUT2D eigenvalue weighted by Gasteiger charge is -2.34. The monoisotopic (exact) mass is 369 g/mol. The first-order valence-corrected chi connectivity index (χ1v) is 8.99. The van der Waals surface area contributed by atoms with Gasteiger partial charge in [0.05, 0.1) is 12.3 Å². The molecule has 3 amide bonds.